The first-order valence-corrected chi connectivity index (χ1v) is 8.67. The van der Waals surface area contributed by atoms with Crippen molar-refractivity contribution in [1.82, 2.24) is 20.5 Å². The fourth-order valence-corrected chi connectivity index (χ4v) is 2.27. The lowest BCUT2D eigenvalue weighted by Crippen LogP contribution is -2.32. The van der Waals surface area contributed by atoms with Crippen molar-refractivity contribution in [3.05, 3.63) is 66.1 Å². The molecule has 0 aliphatic rings. The van der Waals surface area contributed by atoms with Crippen LogP contribution in [-0.4, -0.2) is 34.3 Å². The van der Waals surface area contributed by atoms with Crippen LogP contribution in [0.1, 0.15) is 5.56 Å². The van der Waals surface area contributed by atoms with E-state index in [1.54, 1.807) is 37.4 Å². The number of nitrogens with zero attached hydrogens (tertiary/aromatic N) is 3. The van der Waals surface area contributed by atoms with Crippen molar-refractivity contribution in [3.63, 3.8) is 0 Å². The van der Waals surface area contributed by atoms with Gasteiger partial charge in [0.05, 0.1) is 0 Å². The van der Waals surface area contributed by atoms with E-state index < -0.39 is 6.03 Å². The Balaban J connectivity index is 1.38. The number of halogens is 1. The Morgan fingerprint density at radius 2 is 1.82 bits per heavy atom. The molecule has 3 aromatic rings. The number of urea groups is 1. The van der Waals surface area contributed by atoms with E-state index in [2.05, 4.69) is 36.4 Å². The second kappa shape index (κ2) is 9.26. The Morgan fingerprint density at radius 1 is 1.00 bits per heavy atom. The summed E-state index contributed by atoms with van der Waals surface area (Å²) in [7, 11) is 0. The van der Waals surface area contributed by atoms with Crippen LogP contribution >= 0.6 is 0 Å². The highest BCUT2D eigenvalue weighted by molar-refractivity contribution is 5.89. The Labute approximate surface area is 161 Å². The van der Waals surface area contributed by atoms with Gasteiger partial charge in [0.1, 0.15) is 17.5 Å². The van der Waals surface area contributed by atoms with Gasteiger partial charge in [0, 0.05) is 25.0 Å². The Bertz CT molecular complexity index is 919. The lowest BCUT2D eigenvalue weighted by atomic mass is 10.2. The summed E-state index contributed by atoms with van der Waals surface area (Å²) in [5.41, 5.74) is 0.924. The largest absolute Gasteiger partial charge is 0.367 e. The number of hydrogen-bond donors (Lipinski definition) is 4. The van der Waals surface area contributed by atoms with Crippen LogP contribution in [0.25, 0.3) is 0 Å². The van der Waals surface area contributed by atoms with Gasteiger partial charge in [-0.15, -0.1) is 10.2 Å². The van der Waals surface area contributed by atoms with Gasteiger partial charge in [-0.3, -0.25) is 0 Å². The van der Waals surface area contributed by atoms with E-state index in [1.807, 2.05) is 18.2 Å². The zero-order valence-corrected chi connectivity index (χ0v) is 15.2. The van der Waals surface area contributed by atoms with Crippen LogP contribution in [0.3, 0.4) is 0 Å². The van der Waals surface area contributed by atoms with E-state index in [9.17, 15) is 9.18 Å². The van der Waals surface area contributed by atoms with Gasteiger partial charge < -0.3 is 21.3 Å². The lowest BCUT2D eigenvalue weighted by molar-refractivity contribution is 0.252. The van der Waals surface area contributed by atoms with Crippen LogP contribution in [0.5, 0.6) is 0 Å². The van der Waals surface area contributed by atoms with Gasteiger partial charge in [-0.2, -0.15) is 0 Å². The van der Waals surface area contributed by atoms with E-state index in [1.165, 1.54) is 6.07 Å². The van der Waals surface area contributed by atoms with Crippen molar-refractivity contribution < 1.29 is 9.18 Å². The Morgan fingerprint density at radius 3 is 2.54 bits per heavy atom. The standard InChI is InChI=1S/C19H20FN7O/c1-13-5-6-14(12-15(13)20)24-19(28)23-11-10-22-17-7-8-18(27-26-17)25-16-4-2-3-9-21-16/h2-9,12H,10-11H2,1H3,(H,22,26)(H,21,25,27)(H2,23,24,28). The first-order valence-electron chi connectivity index (χ1n) is 8.67. The SMILES string of the molecule is Cc1ccc(NC(=O)NCCNc2ccc(Nc3ccccn3)nn2)cc1F. The average Bonchev–Trinajstić information content (AvgIpc) is 2.70. The zero-order valence-electron chi connectivity index (χ0n) is 15.2. The second-order valence-electron chi connectivity index (χ2n) is 5.92. The predicted molar refractivity (Wildman–Crippen MR) is 106 cm³/mol. The number of pyridine rings is 1. The summed E-state index contributed by atoms with van der Waals surface area (Å²) in [6, 6.07) is 13.2. The summed E-state index contributed by atoms with van der Waals surface area (Å²) in [5.74, 6) is 1.47. The molecule has 4 N–H and O–H groups in total. The molecule has 0 fully saturated rings. The molecule has 144 valence electrons. The summed E-state index contributed by atoms with van der Waals surface area (Å²) < 4.78 is 13.5. The number of carbonyl (C=O) groups is 1. The van der Waals surface area contributed by atoms with E-state index in [-0.39, 0.29) is 5.82 Å². The second-order valence-corrected chi connectivity index (χ2v) is 5.92. The molecule has 3 rings (SSSR count). The van der Waals surface area contributed by atoms with Gasteiger partial charge in [-0.05, 0) is 48.9 Å². The number of amides is 2. The topological polar surface area (TPSA) is 104 Å². The van der Waals surface area contributed by atoms with Gasteiger partial charge in [0.15, 0.2) is 5.82 Å². The third-order valence-electron chi connectivity index (χ3n) is 3.73. The smallest absolute Gasteiger partial charge is 0.319 e. The fourth-order valence-electron chi connectivity index (χ4n) is 2.27. The molecular weight excluding hydrogens is 361 g/mol. The van der Waals surface area contributed by atoms with Crippen molar-refractivity contribution in [3.8, 4) is 0 Å². The molecule has 8 nitrogen and oxygen atoms in total. The normalized spacial score (nSPS) is 10.2. The molecule has 0 atom stereocenters. The molecule has 28 heavy (non-hydrogen) atoms. The molecule has 0 saturated heterocycles. The molecule has 2 aromatic heterocycles. The Kier molecular flexibility index (Phi) is 6.29. The molecule has 0 saturated carbocycles. The zero-order chi connectivity index (χ0) is 19.8. The summed E-state index contributed by atoms with van der Waals surface area (Å²) in [4.78, 5) is 16.0. The molecule has 0 spiro atoms. The highest BCUT2D eigenvalue weighted by atomic mass is 19.1. The number of carbonyl (C=O) groups excluding carboxylic acids is 1. The summed E-state index contributed by atoms with van der Waals surface area (Å²) in [6.45, 7) is 2.47. The molecular formula is C19H20FN7O. The number of aromatic nitrogens is 3. The fraction of sp³-hybridized carbons (Fsp3) is 0.158. The summed E-state index contributed by atoms with van der Waals surface area (Å²) in [6.07, 6.45) is 1.68. The van der Waals surface area contributed by atoms with Crippen LogP contribution in [0, 0.1) is 12.7 Å². The van der Waals surface area contributed by atoms with Crippen LogP contribution < -0.4 is 21.3 Å². The van der Waals surface area contributed by atoms with Crippen LogP contribution in [0.15, 0.2) is 54.7 Å². The molecule has 0 aliphatic carbocycles. The monoisotopic (exact) mass is 381 g/mol. The quantitative estimate of drug-likeness (QED) is 0.468. The van der Waals surface area contributed by atoms with Crippen LogP contribution in [0.4, 0.5) is 32.3 Å². The number of aryl methyl sites for hydroxylation is 1. The van der Waals surface area contributed by atoms with Crippen molar-refractivity contribution in [2.45, 2.75) is 6.92 Å². The maximum atomic E-state index is 13.5. The summed E-state index contributed by atoms with van der Waals surface area (Å²) >= 11 is 0. The molecule has 9 heteroatoms. The average molecular weight is 381 g/mol. The first kappa shape index (κ1) is 19.0. The molecule has 0 unspecified atom stereocenters. The first-order chi connectivity index (χ1) is 13.6. The molecule has 1 aromatic carbocycles. The van der Waals surface area contributed by atoms with E-state index in [4.69, 9.17) is 0 Å². The van der Waals surface area contributed by atoms with Gasteiger partial charge in [-0.25, -0.2) is 14.2 Å². The molecule has 2 amide bonds. The molecule has 0 radical (unpaired) electrons. The third kappa shape index (κ3) is 5.63. The molecule has 0 aliphatic heterocycles. The van der Waals surface area contributed by atoms with E-state index in [0.717, 1.165) is 0 Å². The minimum Gasteiger partial charge on any atom is -0.367 e. The minimum absolute atomic E-state index is 0.357. The van der Waals surface area contributed by atoms with Gasteiger partial charge in [0.25, 0.3) is 0 Å². The van der Waals surface area contributed by atoms with Crippen LogP contribution in [0.2, 0.25) is 0 Å². The third-order valence-corrected chi connectivity index (χ3v) is 3.73. The maximum absolute atomic E-state index is 13.5. The summed E-state index contributed by atoms with van der Waals surface area (Å²) in [5, 5.41) is 19.5. The number of rotatable bonds is 7. The van der Waals surface area contributed by atoms with Crippen molar-refractivity contribution >= 4 is 29.2 Å². The number of nitrogens with one attached hydrogen (secondary N) is 4. The number of benzene rings is 1. The molecule has 2 heterocycles. The minimum atomic E-state index is -0.411. The van der Waals surface area contributed by atoms with Gasteiger partial charge >= 0.3 is 6.03 Å². The van der Waals surface area contributed by atoms with Crippen molar-refractivity contribution in [1.29, 1.82) is 0 Å². The van der Waals surface area contributed by atoms with Gasteiger partial charge in [-0.1, -0.05) is 12.1 Å². The van der Waals surface area contributed by atoms with Gasteiger partial charge in [0.2, 0.25) is 0 Å². The maximum Gasteiger partial charge on any atom is 0.319 e. The van der Waals surface area contributed by atoms with Crippen LogP contribution in [-0.2, 0) is 0 Å². The molecule has 0 bridgehead atoms. The van der Waals surface area contributed by atoms with E-state index in [0.29, 0.717) is 41.8 Å². The number of anilines is 4. The predicted octanol–water partition coefficient (Wildman–Crippen LogP) is 3.30. The highest BCUT2D eigenvalue weighted by Gasteiger charge is 2.04. The number of hydrogen-bond acceptors (Lipinski definition) is 6. The van der Waals surface area contributed by atoms with E-state index >= 15 is 0 Å². The highest BCUT2D eigenvalue weighted by Crippen LogP contribution is 2.13. The van der Waals surface area contributed by atoms with Crippen molar-refractivity contribution in [2.24, 2.45) is 0 Å². The lowest BCUT2D eigenvalue weighted by Gasteiger charge is -2.09. The Hall–Kier alpha value is -3.75. The van der Waals surface area contributed by atoms with Crippen molar-refractivity contribution in [2.75, 3.05) is 29.0 Å².